The van der Waals surface area contributed by atoms with E-state index in [0.29, 0.717) is 0 Å². The molecule has 0 fully saturated rings. The molecular formula is C20H15ClN3+. The molecular weight excluding hydrogens is 318 g/mol. The summed E-state index contributed by atoms with van der Waals surface area (Å²) < 4.78 is 2.31. The number of hydrogen-bond donors (Lipinski definition) is 2. The zero-order valence-electron chi connectivity index (χ0n) is 12.8. The minimum atomic E-state index is -0.00949. The molecule has 0 spiro atoms. The number of H-pyrrole nitrogens is 1. The van der Waals surface area contributed by atoms with Gasteiger partial charge < -0.3 is 5.32 Å². The van der Waals surface area contributed by atoms with Crippen LogP contribution in [0.25, 0.3) is 22.4 Å². The maximum absolute atomic E-state index is 6.24. The molecule has 4 heteroatoms. The first-order chi connectivity index (χ1) is 11.8. The Labute approximate surface area is 144 Å². The molecule has 1 unspecified atom stereocenters. The number of para-hydroxylation sites is 3. The van der Waals surface area contributed by atoms with Gasteiger partial charge in [-0.05, 0) is 36.4 Å². The van der Waals surface area contributed by atoms with Crippen LogP contribution >= 0.6 is 11.6 Å². The van der Waals surface area contributed by atoms with Crippen molar-refractivity contribution in [2.75, 3.05) is 5.32 Å². The Morgan fingerprint density at radius 3 is 2.62 bits per heavy atom. The van der Waals surface area contributed by atoms with E-state index in [1.165, 1.54) is 11.1 Å². The minimum Gasteiger partial charge on any atom is -0.342 e. The van der Waals surface area contributed by atoms with Crippen molar-refractivity contribution in [3.05, 3.63) is 83.4 Å². The number of benzene rings is 3. The van der Waals surface area contributed by atoms with E-state index in [9.17, 15) is 0 Å². The quantitative estimate of drug-likeness (QED) is 0.484. The number of rotatable bonds is 1. The highest BCUT2D eigenvalue weighted by molar-refractivity contribution is 6.30. The second kappa shape index (κ2) is 5.11. The molecule has 1 aromatic heterocycles. The number of nitrogens with zero attached hydrogens (tertiary/aromatic N) is 1. The van der Waals surface area contributed by atoms with Gasteiger partial charge in [0.1, 0.15) is 0 Å². The summed E-state index contributed by atoms with van der Waals surface area (Å²) in [5.41, 5.74) is 5.71. The van der Waals surface area contributed by atoms with Crippen LogP contribution in [0.2, 0.25) is 5.02 Å². The van der Waals surface area contributed by atoms with Gasteiger partial charge in [0.2, 0.25) is 0 Å². The summed E-state index contributed by atoms with van der Waals surface area (Å²) >= 11 is 6.24. The van der Waals surface area contributed by atoms with Crippen LogP contribution in [0.3, 0.4) is 0 Å². The summed E-state index contributed by atoms with van der Waals surface area (Å²) in [6.45, 7) is 0. The number of aromatic amines is 1. The van der Waals surface area contributed by atoms with Crippen LogP contribution in [0, 0.1) is 0 Å². The molecule has 3 aromatic carbocycles. The van der Waals surface area contributed by atoms with Gasteiger partial charge >= 0.3 is 0 Å². The Morgan fingerprint density at radius 1 is 0.875 bits per heavy atom. The van der Waals surface area contributed by atoms with Gasteiger partial charge in [-0.15, -0.1) is 0 Å². The van der Waals surface area contributed by atoms with Gasteiger partial charge in [-0.2, -0.15) is 4.57 Å². The molecule has 1 aliphatic rings. The molecule has 0 amide bonds. The topological polar surface area (TPSA) is 31.7 Å². The highest BCUT2D eigenvalue weighted by Gasteiger charge is 2.34. The van der Waals surface area contributed by atoms with Crippen molar-refractivity contribution in [3.63, 3.8) is 0 Å². The van der Waals surface area contributed by atoms with Crippen molar-refractivity contribution < 1.29 is 4.57 Å². The van der Waals surface area contributed by atoms with Gasteiger partial charge in [0, 0.05) is 10.6 Å². The van der Waals surface area contributed by atoms with Gasteiger partial charge in [-0.25, -0.2) is 4.98 Å². The molecule has 4 aromatic rings. The highest BCUT2D eigenvalue weighted by Crippen LogP contribution is 2.35. The molecule has 0 saturated heterocycles. The second-order valence-corrected chi connectivity index (χ2v) is 6.44. The maximum Gasteiger partial charge on any atom is 0.291 e. The molecule has 5 rings (SSSR count). The number of hydrogen-bond acceptors (Lipinski definition) is 1. The Balaban J connectivity index is 1.83. The Morgan fingerprint density at radius 2 is 1.71 bits per heavy atom. The molecule has 2 N–H and O–H groups in total. The molecule has 3 nitrogen and oxygen atoms in total. The fourth-order valence-corrected chi connectivity index (χ4v) is 3.70. The van der Waals surface area contributed by atoms with E-state index in [1.807, 2.05) is 18.2 Å². The van der Waals surface area contributed by atoms with E-state index in [-0.39, 0.29) is 6.17 Å². The normalized spacial score (nSPS) is 15.6. The lowest BCUT2D eigenvalue weighted by atomic mass is 10.1. The minimum absolute atomic E-state index is 0.00949. The fraction of sp³-hybridized carbons (Fsp3) is 0.0500. The van der Waals surface area contributed by atoms with E-state index >= 15 is 0 Å². The third kappa shape index (κ3) is 1.95. The summed E-state index contributed by atoms with van der Waals surface area (Å²) in [6, 6.07) is 24.8. The molecule has 0 bridgehead atoms. The number of nitrogens with one attached hydrogen (secondary N) is 2. The van der Waals surface area contributed by atoms with Gasteiger partial charge in [0.05, 0.1) is 11.3 Å². The van der Waals surface area contributed by atoms with Crippen molar-refractivity contribution in [3.8, 4) is 11.4 Å². The summed E-state index contributed by atoms with van der Waals surface area (Å²) in [7, 11) is 0. The average molecular weight is 333 g/mol. The number of halogens is 1. The summed E-state index contributed by atoms with van der Waals surface area (Å²) in [6.07, 6.45) is -0.00949. The van der Waals surface area contributed by atoms with Crippen molar-refractivity contribution >= 4 is 28.3 Å². The van der Waals surface area contributed by atoms with Crippen LogP contribution < -0.4 is 9.88 Å². The van der Waals surface area contributed by atoms with Crippen LogP contribution in [0.4, 0.5) is 5.69 Å². The number of imidazole rings is 1. The van der Waals surface area contributed by atoms with E-state index in [2.05, 4.69) is 69.5 Å². The van der Waals surface area contributed by atoms with Crippen LogP contribution in [0.1, 0.15) is 11.7 Å². The third-order valence-electron chi connectivity index (χ3n) is 4.55. The predicted octanol–water partition coefficient (Wildman–Crippen LogP) is 4.75. The average Bonchev–Trinajstić information content (AvgIpc) is 3.01. The molecule has 24 heavy (non-hydrogen) atoms. The Bertz CT molecular complexity index is 1070. The lowest BCUT2D eigenvalue weighted by molar-refractivity contribution is -0.673. The number of fused-ring (bicyclic) bond motifs is 5. The summed E-state index contributed by atoms with van der Waals surface area (Å²) in [5, 5.41) is 4.40. The Hall–Kier alpha value is -2.78. The molecule has 116 valence electrons. The van der Waals surface area contributed by atoms with E-state index < -0.39 is 0 Å². The van der Waals surface area contributed by atoms with Crippen LogP contribution in [-0.4, -0.2) is 4.98 Å². The van der Waals surface area contributed by atoms with Crippen molar-refractivity contribution in [1.82, 2.24) is 4.98 Å². The van der Waals surface area contributed by atoms with Gasteiger partial charge in [0.15, 0.2) is 17.2 Å². The van der Waals surface area contributed by atoms with Crippen molar-refractivity contribution in [2.45, 2.75) is 6.17 Å². The first kappa shape index (κ1) is 13.6. The SMILES string of the molecule is Clc1cccc(C2Nc3ccccc3-c3[nH]c4ccccc4[n+]32)c1. The first-order valence-electron chi connectivity index (χ1n) is 7.95. The number of anilines is 1. The number of aromatic nitrogens is 2. The van der Waals surface area contributed by atoms with E-state index in [4.69, 9.17) is 11.6 Å². The fourth-order valence-electron chi connectivity index (χ4n) is 3.50. The molecule has 2 heterocycles. The lowest BCUT2D eigenvalue weighted by Crippen LogP contribution is -2.48. The van der Waals surface area contributed by atoms with Crippen LogP contribution in [0.5, 0.6) is 0 Å². The van der Waals surface area contributed by atoms with Gasteiger partial charge in [-0.3, -0.25) is 0 Å². The molecule has 1 atom stereocenters. The highest BCUT2D eigenvalue weighted by atomic mass is 35.5. The lowest BCUT2D eigenvalue weighted by Gasteiger charge is -2.25. The standard InChI is InChI=1S/C20H14ClN3/c21-14-7-5-6-13(12-14)19-22-16-9-2-1-8-15(16)20-23-17-10-3-4-11-18(17)24(19)20/h1-12,19H,(H,22,23)/p+1. The monoisotopic (exact) mass is 332 g/mol. The summed E-state index contributed by atoms with van der Waals surface area (Å²) in [4.78, 5) is 3.58. The molecule has 1 aliphatic heterocycles. The molecule has 0 saturated carbocycles. The van der Waals surface area contributed by atoms with Crippen molar-refractivity contribution in [2.24, 2.45) is 0 Å². The zero-order valence-corrected chi connectivity index (χ0v) is 13.6. The van der Waals surface area contributed by atoms with Gasteiger partial charge in [0.25, 0.3) is 5.82 Å². The van der Waals surface area contributed by atoms with Crippen LogP contribution in [0.15, 0.2) is 72.8 Å². The van der Waals surface area contributed by atoms with Gasteiger partial charge in [-0.1, -0.05) is 48.0 Å². The Kier molecular flexibility index (Phi) is 2.91. The van der Waals surface area contributed by atoms with E-state index in [1.54, 1.807) is 0 Å². The van der Waals surface area contributed by atoms with Crippen LogP contribution in [-0.2, 0) is 0 Å². The van der Waals surface area contributed by atoms with E-state index in [0.717, 1.165) is 27.6 Å². The molecule has 0 aliphatic carbocycles. The second-order valence-electron chi connectivity index (χ2n) is 6.01. The third-order valence-corrected chi connectivity index (χ3v) is 4.79. The first-order valence-corrected chi connectivity index (χ1v) is 8.33. The summed E-state index contributed by atoms with van der Waals surface area (Å²) in [5.74, 6) is 1.11. The maximum atomic E-state index is 6.24. The largest absolute Gasteiger partial charge is 0.342 e. The zero-order chi connectivity index (χ0) is 16.1. The smallest absolute Gasteiger partial charge is 0.291 e. The molecule has 0 radical (unpaired) electrons. The van der Waals surface area contributed by atoms with Crippen molar-refractivity contribution in [1.29, 1.82) is 0 Å². The predicted molar refractivity (Wildman–Crippen MR) is 97.1 cm³/mol.